The van der Waals surface area contributed by atoms with Crippen LogP contribution in [-0.4, -0.2) is 79.2 Å². The molecule has 0 saturated carbocycles. The first-order valence-corrected chi connectivity index (χ1v) is 13.8. The fourth-order valence-electron chi connectivity index (χ4n) is 5.39. The summed E-state index contributed by atoms with van der Waals surface area (Å²) in [5.74, 6) is 1.45. The van der Waals surface area contributed by atoms with E-state index >= 15 is 0 Å². The lowest BCUT2D eigenvalue weighted by Gasteiger charge is -2.44. The molecule has 1 atom stereocenters. The number of amides is 2. The molecule has 0 bridgehead atoms. The summed E-state index contributed by atoms with van der Waals surface area (Å²) in [4.78, 5) is 29.2. The maximum atomic E-state index is 13.5. The number of likely N-dealkylation sites (tertiary alicyclic amines) is 1. The minimum absolute atomic E-state index is 0.0169. The average molecular weight is 522 g/mol. The molecule has 202 valence electrons. The van der Waals surface area contributed by atoms with Gasteiger partial charge in [0.1, 0.15) is 18.0 Å². The predicted molar refractivity (Wildman–Crippen MR) is 144 cm³/mol. The summed E-state index contributed by atoms with van der Waals surface area (Å²) in [6.07, 6.45) is 4.12. The Hall–Kier alpha value is -1.83. The van der Waals surface area contributed by atoms with Crippen LogP contribution < -0.4 is 10.1 Å². The van der Waals surface area contributed by atoms with Crippen molar-refractivity contribution < 1.29 is 19.1 Å². The van der Waals surface area contributed by atoms with Crippen LogP contribution in [-0.2, 0) is 14.3 Å². The van der Waals surface area contributed by atoms with Gasteiger partial charge in [0.25, 0.3) is 0 Å². The second-order valence-corrected chi connectivity index (χ2v) is 11.0. The number of benzene rings is 1. The highest BCUT2D eigenvalue weighted by atomic mass is 35.5. The number of hydrogen-bond acceptors (Lipinski definition) is 5. The van der Waals surface area contributed by atoms with E-state index in [9.17, 15) is 9.59 Å². The number of carbonyl (C=O) groups excluding carboxylic acids is 2. The molecule has 2 heterocycles. The lowest BCUT2D eigenvalue weighted by Crippen LogP contribution is -2.58. The van der Waals surface area contributed by atoms with Crippen molar-refractivity contribution in [3.63, 3.8) is 0 Å². The molecule has 7 nitrogen and oxygen atoms in total. The molecule has 2 aliphatic rings. The van der Waals surface area contributed by atoms with E-state index in [0.29, 0.717) is 38.8 Å². The van der Waals surface area contributed by atoms with Gasteiger partial charge in [-0.1, -0.05) is 38.3 Å². The summed E-state index contributed by atoms with van der Waals surface area (Å²) in [7, 11) is 0. The van der Waals surface area contributed by atoms with Gasteiger partial charge in [0.15, 0.2) is 0 Å². The third-order valence-electron chi connectivity index (χ3n) is 7.64. The Morgan fingerprint density at radius 3 is 2.39 bits per heavy atom. The van der Waals surface area contributed by atoms with Gasteiger partial charge in [0.05, 0.1) is 13.0 Å². The molecule has 2 aliphatic heterocycles. The Balaban J connectivity index is 1.72. The summed E-state index contributed by atoms with van der Waals surface area (Å²) < 4.78 is 12.7. The number of aryl methyl sites for hydroxylation is 2. The van der Waals surface area contributed by atoms with Gasteiger partial charge in [-0.15, -0.1) is 0 Å². The maximum Gasteiger partial charge on any atom is 0.225 e. The van der Waals surface area contributed by atoms with Gasteiger partial charge in [-0.25, -0.2) is 0 Å². The van der Waals surface area contributed by atoms with E-state index in [1.165, 1.54) is 0 Å². The molecule has 1 aromatic rings. The van der Waals surface area contributed by atoms with Crippen LogP contribution in [0.5, 0.6) is 5.75 Å². The highest BCUT2D eigenvalue weighted by molar-refractivity contribution is 6.32. The highest BCUT2D eigenvalue weighted by Crippen LogP contribution is 2.30. The van der Waals surface area contributed by atoms with Crippen molar-refractivity contribution in [1.82, 2.24) is 15.1 Å². The monoisotopic (exact) mass is 521 g/mol. The Morgan fingerprint density at radius 2 is 1.81 bits per heavy atom. The first kappa shape index (κ1) is 28.7. The van der Waals surface area contributed by atoms with Gasteiger partial charge in [-0.05, 0) is 55.9 Å². The molecule has 2 saturated heterocycles. The maximum absolute atomic E-state index is 13.5. The van der Waals surface area contributed by atoms with Gasteiger partial charge in [-0.2, -0.15) is 0 Å². The normalized spacial score (nSPS) is 21.6. The molecule has 3 rings (SSSR count). The van der Waals surface area contributed by atoms with Crippen LogP contribution in [0.25, 0.3) is 0 Å². The summed E-state index contributed by atoms with van der Waals surface area (Å²) >= 11 is 6.35. The number of nitrogens with one attached hydrogen (secondary N) is 1. The van der Waals surface area contributed by atoms with Crippen LogP contribution in [0.2, 0.25) is 5.02 Å². The molecule has 1 N–H and O–H groups in total. The Morgan fingerprint density at radius 1 is 1.17 bits per heavy atom. The number of hydrogen-bond donors (Lipinski definition) is 1. The molecule has 1 aromatic carbocycles. The van der Waals surface area contributed by atoms with Gasteiger partial charge < -0.3 is 19.7 Å². The largest absolute Gasteiger partial charge is 0.490 e. The van der Waals surface area contributed by atoms with E-state index < -0.39 is 5.60 Å². The number of morpholine rings is 1. The molecule has 36 heavy (non-hydrogen) atoms. The number of rotatable bonds is 10. The topological polar surface area (TPSA) is 71.1 Å². The van der Waals surface area contributed by atoms with Crippen LogP contribution in [0.1, 0.15) is 64.0 Å². The number of nitrogens with zero attached hydrogens (tertiary/aromatic N) is 2. The first-order chi connectivity index (χ1) is 17.1. The third-order valence-corrected chi connectivity index (χ3v) is 8.24. The molecular formula is C28H44ClN3O4. The lowest BCUT2D eigenvalue weighted by molar-refractivity contribution is -0.157. The first-order valence-electron chi connectivity index (χ1n) is 13.5. The molecule has 0 unspecified atom stereocenters. The molecular weight excluding hydrogens is 478 g/mol. The summed E-state index contributed by atoms with van der Waals surface area (Å²) in [5, 5.41) is 3.73. The van der Waals surface area contributed by atoms with Gasteiger partial charge in [-0.3, -0.25) is 14.5 Å². The van der Waals surface area contributed by atoms with E-state index in [4.69, 9.17) is 21.1 Å². The second-order valence-electron chi connectivity index (χ2n) is 10.6. The summed E-state index contributed by atoms with van der Waals surface area (Å²) in [6.45, 7) is 14.7. The zero-order valence-electron chi connectivity index (χ0n) is 22.7. The molecule has 8 heteroatoms. The van der Waals surface area contributed by atoms with Crippen LogP contribution >= 0.6 is 11.6 Å². The van der Waals surface area contributed by atoms with Crippen LogP contribution in [0.3, 0.4) is 0 Å². The molecule has 2 fully saturated rings. The van der Waals surface area contributed by atoms with Gasteiger partial charge >= 0.3 is 0 Å². The van der Waals surface area contributed by atoms with Gasteiger partial charge in [0.2, 0.25) is 11.8 Å². The minimum atomic E-state index is -0.711. The van der Waals surface area contributed by atoms with Crippen molar-refractivity contribution >= 4 is 23.4 Å². The smallest absolute Gasteiger partial charge is 0.225 e. The molecule has 0 radical (unpaired) electrons. The second kappa shape index (κ2) is 13.1. The number of carbonyl (C=O) groups is 2. The van der Waals surface area contributed by atoms with E-state index in [0.717, 1.165) is 60.7 Å². The third kappa shape index (κ3) is 7.83. The number of piperidine rings is 1. The minimum Gasteiger partial charge on any atom is -0.490 e. The van der Waals surface area contributed by atoms with Crippen LogP contribution in [0.15, 0.2) is 12.1 Å². The van der Waals surface area contributed by atoms with Crippen LogP contribution in [0.4, 0.5) is 0 Å². The van der Waals surface area contributed by atoms with Crippen molar-refractivity contribution in [2.24, 2.45) is 5.92 Å². The molecule has 2 amide bonds. The fourth-order valence-corrected chi connectivity index (χ4v) is 5.50. The summed E-state index contributed by atoms with van der Waals surface area (Å²) in [6, 6.07) is 4.03. The van der Waals surface area contributed by atoms with E-state index in [1.54, 1.807) is 6.92 Å². The Bertz CT molecular complexity index is 876. The molecule has 0 spiro atoms. The summed E-state index contributed by atoms with van der Waals surface area (Å²) in [5.41, 5.74) is 1.23. The average Bonchev–Trinajstić information content (AvgIpc) is 2.84. The quantitative estimate of drug-likeness (QED) is 0.495. The Labute approximate surface area is 221 Å². The highest BCUT2D eigenvalue weighted by Gasteiger charge is 2.41. The zero-order valence-corrected chi connectivity index (χ0v) is 23.5. The van der Waals surface area contributed by atoms with E-state index in [-0.39, 0.29) is 24.3 Å². The van der Waals surface area contributed by atoms with Crippen molar-refractivity contribution in [3.8, 4) is 5.75 Å². The Kier molecular flexibility index (Phi) is 10.5. The molecule has 0 aliphatic carbocycles. The van der Waals surface area contributed by atoms with Crippen molar-refractivity contribution in [2.75, 3.05) is 45.9 Å². The van der Waals surface area contributed by atoms with Crippen molar-refractivity contribution in [1.29, 1.82) is 0 Å². The van der Waals surface area contributed by atoms with E-state index in [2.05, 4.69) is 24.1 Å². The van der Waals surface area contributed by atoms with E-state index in [1.807, 2.05) is 30.9 Å². The zero-order chi connectivity index (χ0) is 26.3. The van der Waals surface area contributed by atoms with Crippen molar-refractivity contribution in [2.45, 2.75) is 78.4 Å². The lowest BCUT2D eigenvalue weighted by atomic mass is 9.94. The fraction of sp³-hybridized carbons (Fsp3) is 0.714. The van der Waals surface area contributed by atoms with Crippen LogP contribution in [0, 0.1) is 19.8 Å². The SMILES string of the molecule is CCC(CC)CN1CCO[C@@](COc2cc(C)c(Cl)c(C)c2)(CC(=O)N2CCC(NC(C)=O)CC2)C1. The van der Waals surface area contributed by atoms with Gasteiger partial charge in [0, 0.05) is 50.7 Å². The number of ether oxygens (including phenoxy) is 2. The van der Waals surface area contributed by atoms with Crippen molar-refractivity contribution in [3.05, 3.63) is 28.3 Å². The predicted octanol–water partition coefficient (Wildman–Crippen LogP) is 4.36. The standard InChI is InChI=1S/C28H44ClN3O4/c1-6-23(7-2)17-31-12-13-36-28(18-31,19-35-25-14-20(3)27(29)21(4)15-25)16-26(34)32-10-8-24(9-11-32)30-22(5)33/h14-15,23-24H,6-13,16-19H2,1-5H3,(H,30,33)/t28-/m0/s1. The molecule has 0 aromatic heterocycles. The number of halogens is 1.